The number of rotatable bonds is 6. The average molecular weight is 432 g/mol. The van der Waals surface area contributed by atoms with E-state index in [-0.39, 0.29) is 22.0 Å². The van der Waals surface area contributed by atoms with Crippen molar-refractivity contribution in [3.63, 3.8) is 0 Å². The number of sulfonamides is 1. The van der Waals surface area contributed by atoms with Crippen molar-refractivity contribution < 1.29 is 17.6 Å². The summed E-state index contributed by atoms with van der Waals surface area (Å²) in [4.78, 5) is 12.4. The number of carbonyl (C=O) groups is 1. The molecule has 0 heterocycles. The molecule has 3 aromatic rings. The molecule has 3 aromatic carbocycles. The zero-order valence-corrected chi connectivity index (χ0v) is 16.4. The zero-order chi connectivity index (χ0) is 20.9. The first-order valence-electron chi connectivity index (χ1n) is 8.31. The van der Waals surface area contributed by atoms with Crippen LogP contribution < -0.4 is 10.1 Å². The van der Waals surface area contributed by atoms with Crippen LogP contribution in [0.1, 0.15) is 15.9 Å². The number of benzene rings is 3. The molecular formula is C20H15ClFN3O3S. The normalized spacial score (nSPS) is 11.4. The minimum atomic E-state index is -3.92. The highest BCUT2D eigenvalue weighted by atomic mass is 35.5. The molecule has 3 rings (SSSR count). The number of amides is 1. The van der Waals surface area contributed by atoms with Crippen LogP contribution in [0.3, 0.4) is 0 Å². The predicted molar refractivity (Wildman–Crippen MR) is 110 cm³/mol. The molecule has 0 fully saturated rings. The third-order valence-corrected chi connectivity index (χ3v) is 5.42. The number of carbonyl (C=O) groups excluding carboxylic acids is 1. The number of nitrogens with one attached hydrogen (secondary N) is 2. The average Bonchev–Trinajstić information content (AvgIpc) is 2.70. The molecule has 0 radical (unpaired) electrons. The van der Waals surface area contributed by atoms with E-state index in [4.69, 9.17) is 11.6 Å². The van der Waals surface area contributed by atoms with Crippen LogP contribution in [-0.4, -0.2) is 20.5 Å². The summed E-state index contributed by atoms with van der Waals surface area (Å²) in [6, 6.07) is 17.3. The summed E-state index contributed by atoms with van der Waals surface area (Å²) in [7, 11) is -3.92. The van der Waals surface area contributed by atoms with E-state index in [9.17, 15) is 17.6 Å². The number of anilines is 1. The molecule has 9 heteroatoms. The minimum absolute atomic E-state index is 0.00596. The summed E-state index contributed by atoms with van der Waals surface area (Å²) in [5, 5.41) is 4.22. The Hall–Kier alpha value is -3.23. The second kappa shape index (κ2) is 8.85. The number of para-hydroxylation sites is 1. The Morgan fingerprint density at radius 2 is 1.62 bits per heavy atom. The Kier molecular flexibility index (Phi) is 6.26. The van der Waals surface area contributed by atoms with Gasteiger partial charge in [-0.05, 0) is 54.1 Å². The summed E-state index contributed by atoms with van der Waals surface area (Å²) < 4.78 is 40.4. The molecule has 29 heavy (non-hydrogen) atoms. The van der Waals surface area contributed by atoms with Crippen molar-refractivity contribution in [3.05, 3.63) is 94.8 Å². The summed E-state index contributed by atoms with van der Waals surface area (Å²) in [6.07, 6.45) is 1.35. The molecule has 0 aromatic heterocycles. The third-order valence-electron chi connectivity index (χ3n) is 3.79. The zero-order valence-electron chi connectivity index (χ0n) is 14.8. The lowest BCUT2D eigenvalue weighted by molar-refractivity contribution is 0.0956. The predicted octanol–water partition coefficient (Wildman–Crippen LogP) is 4.04. The van der Waals surface area contributed by atoms with Gasteiger partial charge in [0.2, 0.25) is 0 Å². The van der Waals surface area contributed by atoms with Crippen molar-refractivity contribution >= 4 is 39.4 Å². The van der Waals surface area contributed by atoms with E-state index in [0.29, 0.717) is 10.6 Å². The smallest absolute Gasteiger partial charge is 0.273 e. The Morgan fingerprint density at radius 3 is 2.31 bits per heavy atom. The van der Waals surface area contributed by atoms with Crippen LogP contribution in [0.4, 0.5) is 10.1 Å². The topological polar surface area (TPSA) is 87.6 Å². The molecule has 148 valence electrons. The summed E-state index contributed by atoms with van der Waals surface area (Å²) in [6.45, 7) is 0. The lowest BCUT2D eigenvalue weighted by atomic mass is 10.2. The van der Waals surface area contributed by atoms with Crippen molar-refractivity contribution in [1.82, 2.24) is 5.43 Å². The summed E-state index contributed by atoms with van der Waals surface area (Å²) in [5.41, 5.74) is 3.09. The van der Waals surface area contributed by atoms with Crippen molar-refractivity contribution in [2.45, 2.75) is 4.90 Å². The molecule has 0 unspecified atom stereocenters. The third kappa shape index (κ3) is 5.40. The second-order valence-corrected chi connectivity index (χ2v) is 7.97. The van der Waals surface area contributed by atoms with Crippen molar-refractivity contribution in [3.8, 4) is 0 Å². The Labute approximate surface area is 172 Å². The van der Waals surface area contributed by atoms with Crippen molar-refractivity contribution in [2.24, 2.45) is 5.10 Å². The molecule has 0 spiro atoms. The molecule has 0 aliphatic heterocycles. The van der Waals surface area contributed by atoms with E-state index < -0.39 is 15.9 Å². The Morgan fingerprint density at radius 1 is 0.966 bits per heavy atom. The first-order chi connectivity index (χ1) is 13.8. The number of hydrazone groups is 1. The van der Waals surface area contributed by atoms with Crippen LogP contribution in [0.15, 0.2) is 82.8 Å². The van der Waals surface area contributed by atoms with Crippen molar-refractivity contribution in [1.29, 1.82) is 0 Å². The van der Waals surface area contributed by atoms with Crippen LogP contribution in [0, 0.1) is 5.82 Å². The van der Waals surface area contributed by atoms with Gasteiger partial charge in [-0.3, -0.25) is 9.52 Å². The fourth-order valence-corrected chi connectivity index (χ4v) is 3.57. The highest BCUT2D eigenvalue weighted by Gasteiger charge is 2.18. The molecular weight excluding hydrogens is 417 g/mol. The minimum Gasteiger partial charge on any atom is -0.279 e. The van der Waals surface area contributed by atoms with Gasteiger partial charge >= 0.3 is 0 Å². The van der Waals surface area contributed by atoms with Crippen LogP contribution in [0.5, 0.6) is 0 Å². The fourth-order valence-electron chi connectivity index (χ4n) is 2.36. The van der Waals surface area contributed by atoms with Gasteiger partial charge in [0, 0.05) is 5.02 Å². The van der Waals surface area contributed by atoms with Crippen LogP contribution in [-0.2, 0) is 10.0 Å². The first-order valence-corrected chi connectivity index (χ1v) is 10.2. The standard InChI is InChI=1S/C20H15ClFN3O3S/c21-15-7-11-17(12-8-15)29(27,28)25-19-4-2-1-3-18(19)20(26)24-23-13-14-5-9-16(22)10-6-14/h1-13,25H,(H,24,26). The fraction of sp³-hybridized carbons (Fsp3) is 0. The quantitative estimate of drug-likeness (QED) is 0.456. The Balaban J connectivity index is 1.76. The van der Waals surface area contributed by atoms with Gasteiger partial charge in [-0.1, -0.05) is 35.9 Å². The largest absolute Gasteiger partial charge is 0.279 e. The van der Waals surface area contributed by atoms with E-state index in [1.165, 1.54) is 66.9 Å². The van der Waals surface area contributed by atoms with E-state index in [1.54, 1.807) is 12.1 Å². The van der Waals surface area contributed by atoms with Gasteiger partial charge < -0.3 is 0 Å². The number of hydrogen-bond donors (Lipinski definition) is 2. The number of hydrogen-bond acceptors (Lipinski definition) is 4. The highest BCUT2D eigenvalue weighted by Crippen LogP contribution is 2.21. The molecule has 0 saturated heterocycles. The molecule has 0 saturated carbocycles. The monoisotopic (exact) mass is 431 g/mol. The van der Waals surface area contributed by atoms with Gasteiger partial charge in [0.15, 0.2) is 0 Å². The van der Waals surface area contributed by atoms with E-state index in [1.807, 2.05) is 0 Å². The van der Waals surface area contributed by atoms with Gasteiger partial charge in [0.05, 0.1) is 22.4 Å². The molecule has 2 N–H and O–H groups in total. The number of nitrogens with zero attached hydrogens (tertiary/aromatic N) is 1. The molecule has 0 bridgehead atoms. The van der Waals surface area contributed by atoms with Crippen molar-refractivity contribution in [2.75, 3.05) is 4.72 Å². The van der Waals surface area contributed by atoms with E-state index in [0.717, 1.165) is 0 Å². The van der Waals surface area contributed by atoms with Gasteiger partial charge in [-0.2, -0.15) is 5.10 Å². The first kappa shape index (κ1) is 20.5. The maximum absolute atomic E-state index is 12.9. The molecule has 0 aliphatic rings. The van der Waals surface area contributed by atoms with E-state index >= 15 is 0 Å². The lowest BCUT2D eigenvalue weighted by Crippen LogP contribution is -2.21. The maximum Gasteiger partial charge on any atom is 0.273 e. The van der Waals surface area contributed by atoms with E-state index in [2.05, 4.69) is 15.2 Å². The van der Waals surface area contributed by atoms with Crippen LogP contribution >= 0.6 is 11.6 Å². The lowest BCUT2D eigenvalue weighted by Gasteiger charge is -2.11. The number of halogens is 2. The van der Waals surface area contributed by atoms with Gasteiger partial charge in [-0.25, -0.2) is 18.2 Å². The second-order valence-electron chi connectivity index (χ2n) is 5.86. The molecule has 0 aliphatic carbocycles. The SMILES string of the molecule is O=C(NN=Cc1ccc(F)cc1)c1ccccc1NS(=O)(=O)c1ccc(Cl)cc1. The summed E-state index contributed by atoms with van der Waals surface area (Å²) >= 11 is 5.79. The highest BCUT2D eigenvalue weighted by molar-refractivity contribution is 7.92. The van der Waals surface area contributed by atoms with Gasteiger partial charge in [0.25, 0.3) is 15.9 Å². The Bertz CT molecular complexity index is 1150. The molecule has 6 nitrogen and oxygen atoms in total. The summed E-state index contributed by atoms with van der Waals surface area (Å²) in [5.74, 6) is -0.995. The maximum atomic E-state index is 12.9. The van der Waals surface area contributed by atoms with Crippen LogP contribution in [0.2, 0.25) is 5.02 Å². The van der Waals surface area contributed by atoms with Gasteiger partial charge in [-0.15, -0.1) is 0 Å². The molecule has 1 amide bonds. The van der Waals surface area contributed by atoms with Gasteiger partial charge in [0.1, 0.15) is 5.82 Å². The van der Waals surface area contributed by atoms with Crippen LogP contribution in [0.25, 0.3) is 0 Å². The molecule has 0 atom stereocenters.